The van der Waals surface area contributed by atoms with Crippen molar-refractivity contribution in [2.75, 3.05) is 13.2 Å². The molecule has 0 bridgehead atoms. The molecule has 2 N–H and O–H groups in total. The summed E-state index contributed by atoms with van der Waals surface area (Å²) in [6, 6.07) is 0.212. The van der Waals surface area contributed by atoms with Gasteiger partial charge in [-0.25, -0.2) is 4.98 Å². The monoisotopic (exact) mass is 225 g/mol. The van der Waals surface area contributed by atoms with Gasteiger partial charge >= 0.3 is 0 Å². The quantitative estimate of drug-likeness (QED) is 0.733. The molecule has 4 nitrogen and oxygen atoms in total. The van der Waals surface area contributed by atoms with E-state index >= 15 is 0 Å². The zero-order chi connectivity index (χ0) is 12.0. The molecule has 1 unspecified atom stereocenters. The van der Waals surface area contributed by atoms with Gasteiger partial charge in [-0.2, -0.15) is 0 Å². The van der Waals surface area contributed by atoms with Crippen LogP contribution in [0.15, 0.2) is 12.4 Å². The van der Waals surface area contributed by atoms with Crippen molar-refractivity contribution >= 4 is 0 Å². The largest absolute Gasteiger partial charge is 0.395 e. The lowest BCUT2D eigenvalue weighted by molar-refractivity contribution is 0.223. The molecule has 1 aromatic rings. The fourth-order valence-corrected chi connectivity index (χ4v) is 1.82. The van der Waals surface area contributed by atoms with Crippen molar-refractivity contribution < 1.29 is 5.11 Å². The molecule has 0 aliphatic rings. The zero-order valence-electron chi connectivity index (χ0n) is 10.5. The predicted octanol–water partition coefficient (Wildman–Crippen LogP) is 1.19. The van der Waals surface area contributed by atoms with E-state index in [2.05, 4.69) is 28.7 Å². The Hall–Kier alpha value is -0.870. The summed E-state index contributed by atoms with van der Waals surface area (Å²) < 4.78 is 2.11. The molecule has 4 heteroatoms. The summed E-state index contributed by atoms with van der Waals surface area (Å²) >= 11 is 0. The van der Waals surface area contributed by atoms with E-state index in [0.29, 0.717) is 5.92 Å². The Kier molecular flexibility index (Phi) is 5.49. The number of hydrogen-bond acceptors (Lipinski definition) is 3. The highest BCUT2D eigenvalue weighted by Crippen LogP contribution is 2.04. The second kappa shape index (κ2) is 6.66. The fraction of sp³-hybridized carbons (Fsp3) is 0.750. The van der Waals surface area contributed by atoms with Crippen molar-refractivity contribution in [3.8, 4) is 0 Å². The van der Waals surface area contributed by atoms with Gasteiger partial charge in [0.25, 0.3) is 0 Å². The third-order valence-corrected chi connectivity index (χ3v) is 2.69. The highest BCUT2D eigenvalue weighted by molar-refractivity contribution is 4.88. The molecule has 16 heavy (non-hydrogen) atoms. The second-order valence-corrected chi connectivity index (χ2v) is 4.63. The van der Waals surface area contributed by atoms with E-state index in [1.165, 1.54) is 0 Å². The number of nitrogens with one attached hydrogen (secondary N) is 1. The van der Waals surface area contributed by atoms with E-state index in [4.69, 9.17) is 0 Å². The molecular formula is C12H23N3O. The van der Waals surface area contributed by atoms with Gasteiger partial charge in [0.05, 0.1) is 6.61 Å². The van der Waals surface area contributed by atoms with Gasteiger partial charge < -0.3 is 15.0 Å². The average Bonchev–Trinajstić information content (AvgIpc) is 2.62. The van der Waals surface area contributed by atoms with E-state index in [9.17, 15) is 5.11 Å². The van der Waals surface area contributed by atoms with Crippen molar-refractivity contribution in [3.05, 3.63) is 18.2 Å². The molecule has 0 aliphatic heterocycles. The lowest BCUT2D eigenvalue weighted by Crippen LogP contribution is -2.35. The van der Waals surface area contributed by atoms with Gasteiger partial charge in [0.2, 0.25) is 0 Å². The Balaban J connectivity index is 2.26. The van der Waals surface area contributed by atoms with Gasteiger partial charge in [0, 0.05) is 31.5 Å². The first-order valence-electron chi connectivity index (χ1n) is 5.95. The van der Waals surface area contributed by atoms with E-state index in [0.717, 1.165) is 25.3 Å². The number of nitrogens with zero attached hydrogens (tertiary/aromatic N) is 2. The molecular weight excluding hydrogens is 202 g/mol. The van der Waals surface area contributed by atoms with Crippen LogP contribution in [0, 0.1) is 12.8 Å². The molecule has 1 rings (SSSR count). The Morgan fingerprint density at radius 2 is 2.25 bits per heavy atom. The molecule has 0 amide bonds. The number of rotatable bonds is 7. The van der Waals surface area contributed by atoms with Crippen LogP contribution in [-0.2, 0) is 6.54 Å². The van der Waals surface area contributed by atoms with Crippen LogP contribution in [0.4, 0.5) is 0 Å². The van der Waals surface area contributed by atoms with Crippen molar-refractivity contribution in [1.82, 2.24) is 14.9 Å². The van der Waals surface area contributed by atoms with Gasteiger partial charge in [-0.15, -0.1) is 0 Å². The third kappa shape index (κ3) is 4.33. The summed E-state index contributed by atoms with van der Waals surface area (Å²) in [6.07, 6.45) is 4.81. The van der Waals surface area contributed by atoms with Crippen LogP contribution >= 0.6 is 0 Å². The SMILES string of the molecule is Cc1nccn1CCNC(CO)CC(C)C. The van der Waals surface area contributed by atoms with Crippen LogP contribution in [0.3, 0.4) is 0 Å². The van der Waals surface area contributed by atoms with Gasteiger partial charge in [0.15, 0.2) is 0 Å². The van der Waals surface area contributed by atoms with E-state index in [-0.39, 0.29) is 12.6 Å². The molecule has 0 saturated carbocycles. The first kappa shape index (κ1) is 13.2. The first-order valence-corrected chi connectivity index (χ1v) is 5.95. The molecule has 1 heterocycles. The molecule has 0 fully saturated rings. The number of aliphatic hydroxyl groups excluding tert-OH is 1. The van der Waals surface area contributed by atoms with E-state index in [1.807, 2.05) is 19.3 Å². The fourth-order valence-electron chi connectivity index (χ4n) is 1.82. The summed E-state index contributed by atoms with van der Waals surface area (Å²) in [4.78, 5) is 4.17. The summed E-state index contributed by atoms with van der Waals surface area (Å²) in [6.45, 7) is 8.32. The standard InChI is InChI=1S/C12H23N3O/c1-10(2)8-12(9-16)14-5-7-15-6-4-13-11(15)3/h4,6,10,12,14,16H,5,7-9H2,1-3H3. The van der Waals surface area contributed by atoms with Crippen molar-refractivity contribution in [2.45, 2.75) is 39.8 Å². The number of aromatic nitrogens is 2. The molecule has 0 spiro atoms. The van der Waals surface area contributed by atoms with Gasteiger partial charge in [-0.05, 0) is 19.3 Å². The van der Waals surface area contributed by atoms with Gasteiger partial charge in [0.1, 0.15) is 5.82 Å². The maximum atomic E-state index is 9.21. The molecule has 0 radical (unpaired) electrons. The number of aryl methyl sites for hydroxylation is 1. The minimum Gasteiger partial charge on any atom is -0.395 e. The Bertz CT molecular complexity index is 296. The first-order chi connectivity index (χ1) is 7.63. The molecule has 1 atom stereocenters. The Morgan fingerprint density at radius 1 is 1.50 bits per heavy atom. The molecule has 0 aromatic carbocycles. The highest BCUT2D eigenvalue weighted by Gasteiger charge is 2.08. The van der Waals surface area contributed by atoms with Gasteiger partial charge in [-0.3, -0.25) is 0 Å². The lowest BCUT2D eigenvalue weighted by Gasteiger charge is -2.18. The predicted molar refractivity (Wildman–Crippen MR) is 65.3 cm³/mol. The van der Waals surface area contributed by atoms with E-state index < -0.39 is 0 Å². The molecule has 0 saturated heterocycles. The van der Waals surface area contributed by atoms with Crippen LogP contribution in [0.2, 0.25) is 0 Å². The minimum absolute atomic E-state index is 0.209. The van der Waals surface area contributed by atoms with E-state index in [1.54, 1.807) is 0 Å². The third-order valence-electron chi connectivity index (χ3n) is 2.69. The lowest BCUT2D eigenvalue weighted by atomic mass is 10.0. The van der Waals surface area contributed by atoms with Crippen molar-refractivity contribution in [1.29, 1.82) is 0 Å². The maximum absolute atomic E-state index is 9.21. The summed E-state index contributed by atoms with van der Waals surface area (Å²) in [5.41, 5.74) is 0. The van der Waals surface area contributed by atoms with Gasteiger partial charge in [-0.1, -0.05) is 13.8 Å². The number of aliphatic hydroxyl groups is 1. The van der Waals surface area contributed by atoms with Crippen LogP contribution < -0.4 is 5.32 Å². The highest BCUT2D eigenvalue weighted by atomic mass is 16.3. The van der Waals surface area contributed by atoms with Crippen LogP contribution in [0.1, 0.15) is 26.1 Å². The topological polar surface area (TPSA) is 50.1 Å². The second-order valence-electron chi connectivity index (χ2n) is 4.63. The summed E-state index contributed by atoms with van der Waals surface area (Å²) in [5, 5.41) is 12.6. The Labute approximate surface area is 97.7 Å². The van der Waals surface area contributed by atoms with Crippen molar-refractivity contribution in [2.24, 2.45) is 5.92 Å². The van der Waals surface area contributed by atoms with Crippen LogP contribution in [0.5, 0.6) is 0 Å². The van der Waals surface area contributed by atoms with Crippen LogP contribution in [0.25, 0.3) is 0 Å². The summed E-state index contributed by atoms with van der Waals surface area (Å²) in [7, 11) is 0. The van der Waals surface area contributed by atoms with Crippen LogP contribution in [-0.4, -0.2) is 33.9 Å². The smallest absolute Gasteiger partial charge is 0.105 e. The zero-order valence-corrected chi connectivity index (χ0v) is 10.5. The molecule has 92 valence electrons. The normalized spacial score (nSPS) is 13.3. The molecule has 1 aromatic heterocycles. The minimum atomic E-state index is 0.209. The summed E-state index contributed by atoms with van der Waals surface area (Å²) in [5.74, 6) is 1.64. The average molecular weight is 225 g/mol. The number of imidazole rings is 1. The Morgan fingerprint density at radius 3 is 2.75 bits per heavy atom. The van der Waals surface area contributed by atoms with Crippen molar-refractivity contribution in [3.63, 3.8) is 0 Å². The number of hydrogen-bond donors (Lipinski definition) is 2. The molecule has 0 aliphatic carbocycles. The maximum Gasteiger partial charge on any atom is 0.105 e.